The van der Waals surface area contributed by atoms with Crippen molar-refractivity contribution in [2.24, 2.45) is 0 Å². The van der Waals surface area contributed by atoms with E-state index in [0.29, 0.717) is 5.16 Å². The Bertz CT molecular complexity index is 238. The monoisotopic (exact) mass is 215 g/mol. The first kappa shape index (κ1) is 11.2. The molecule has 0 aliphatic carbocycles. The van der Waals surface area contributed by atoms with Crippen molar-refractivity contribution in [3.63, 3.8) is 0 Å². The predicted octanol–water partition coefficient (Wildman–Crippen LogP) is 3.66. The maximum Gasteiger partial charge on any atom is 0.0336 e. The second-order valence-corrected chi connectivity index (χ2v) is 7.95. The van der Waals surface area contributed by atoms with Gasteiger partial charge in [-0.1, -0.05) is 26.8 Å². The van der Waals surface area contributed by atoms with Crippen molar-refractivity contribution in [1.82, 2.24) is 5.09 Å². The van der Waals surface area contributed by atoms with Crippen LogP contribution in [0.5, 0.6) is 0 Å². The molecule has 0 aromatic carbocycles. The van der Waals surface area contributed by atoms with Crippen LogP contribution < -0.4 is 5.09 Å². The summed E-state index contributed by atoms with van der Waals surface area (Å²) in [7, 11) is -0.0697. The predicted molar refractivity (Wildman–Crippen MR) is 63.8 cm³/mol. The molecule has 1 heterocycles. The Hall–Kier alpha value is 0.0900. The molecule has 0 bridgehead atoms. The van der Waals surface area contributed by atoms with E-state index in [1.807, 2.05) is 11.3 Å². The molecule has 74 valence electrons. The van der Waals surface area contributed by atoms with Gasteiger partial charge in [0.1, 0.15) is 0 Å². The minimum atomic E-state index is -0.0697. The zero-order chi connectivity index (χ0) is 9.90. The second kappa shape index (κ2) is 4.54. The Kier molecular flexibility index (Phi) is 3.90. The van der Waals surface area contributed by atoms with Crippen molar-refractivity contribution >= 4 is 19.4 Å². The molecule has 1 aromatic rings. The van der Waals surface area contributed by atoms with Crippen LogP contribution in [0.15, 0.2) is 17.5 Å². The summed E-state index contributed by atoms with van der Waals surface area (Å²) in [4.78, 5) is 1.43. The minimum absolute atomic E-state index is 0.0697. The van der Waals surface area contributed by atoms with Gasteiger partial charge in [-0.3, -0.25) is 5.09 Å². The number of hydrogen-bond acceptors (Lipinski definition) is 2. The summed E-state index contributed by atoms with van der Waals surface area (Å²) in [5, 5.41) is 6.14. The van der Waals surface area contributed by atoms with Crippen LogP contribution in [-0.4, -0.2) is 11.8 Å². The molecule has 1 nitrogen and oxygen atoms in total. The average molecular weight is 215 g/mol. The maximum absolute atomic E-state index is 3.60. The fraction of sp³-hybridized carbons (Fsp3) is 0.600. The van der Waals surface area contributed by atoms with Gasteiger partial charge in [-0.2, -0.15) is 0 Å². The van der Waals surface area contributed by atoms with E-state index in [9.17, 15) is 0 Å². The molecule has 13 heavy (non-hydrogen) atoms. The zero-order valence-corrected chi connectivity index (χ0v) is 10.5. The first-order valence-electron chi connectivity index (χ1n) is 4.50. The van der Waals surface area contributed by atoms with Gasteiger partial charge in [0.05, 0.1) is 0 Å². The first-order chi connectivity index (χ1) is 6.00. The highest BCUT2D eigenvalue weighted by Crippen LogP contribution is 2.41. The lowest BCUT2D eigenvalue weighted by atomic mass is 10.3. The number of hydrogen-bond donors (Lipinski definition) is 1. The van der Waals surface area contributed by atoms with Gasteiger partial charge in [0.2, 0.25) is 0 Å². The second-order valence-electron chi connectivity index (χ2n) is 4.14. The molecule has 0 amide bonds. The summed E-state index contributed by atoms with van der Waals surface area (Å²) in [5.74, 6) is 0. The molecule has 1 aromatic heterocycles. The number of nitrogens with one attached hydrogen (secondary N) is 1. The zero-order valence-electron chi connectivity index (χ0n) is 8.79. The molecule has 0 radical (unpaired) electrons. The van der Waals surface area contributed by atoms with Crippen molar-refractivity contribution in [3.8, 4) is 0 Å². The molecule has 0 spiro atoms. The standard InChI is InChI=1S/C10H18NPS/c1-10(2,3)12(4)11-8-9-6-5-7-13-9/h5-7,11H,8H2,1-4H3. The van der Waals surface area contributed by atoms with Gasteiger partial charge in [-0.05, 0) is 31.3 Å². The highest BCUT2D eigenvalue weighted by Gasteiger charge is 2.18. The van der Waals surface area contributed by atoms with Gasteiger partial charge in [0.25, 0.3) is 0 Å². The van der Waals surface area contributed by atoms with Crippen molar-refractivity contribution < 1.29 is 0 Å². The molecule has 0 aliphatic heterocycles. The lowest BCUT2D eigenvalue weighted by molar-refractivity contribution is 0.764. The highest BCUT2D eigenvalue weighted by molar-refractivity contribution is 7.56. The Morgan fingerprint density at radius 3 is 2.62 bits per heavy atom. The Morgan fingerprint density at radius 1 is 1.46 bits per heavy atom. The van der Waals surface area contributed by atoms with Gasteiger partial charge in [-0.25, -0.2) is 0 Å². The van der Waals surface area contributed by atoms with E-state index in [-0.39, 0.29) is 8.07 Å². The van der Waals surface area contributed by atoms with E-state index in [2.05, 4.69) is 50.0 Å². The smallest absolute Gasteiger partial charge is 0.0336 e. The molecular formula is C10H18NPS. The molecule has 1 rings (SSSR count). The van der Waals surface area contributed by atoms with Crippen LogP contribution in [-0.2, 0) is 6.54 Å². The Labute approximate surface area is 86.4 Å². The van der Waals surface area contributed by atoms with Gasteiger partial charge < -0.3 is 0 Å². The maximum atomic E-state index is 3.60. The first-order valence-corrected chi connectivity index (χ1v) is 7.17. The molecule has 1 unspecified atom stereocenters. The van der Waals surface area contributed by atoms with E-state index in [1.54, 1.807) is 0 Å². The van der Waals surface area contributed by atoms with Crippen molar-refractivity contribution in [1.29, 1.82) is 0 Å². The molecule has 1 N–H and O–H groups in total. The largest absolute Gasteiger partial charge is 0.290 e. The SMILES string of the molecule is CP(NCc1cccs1)C(C)(C)C. The molecule has 3 heteroatoms. The molecular weight excluding hydrogens is 197 g/mol. The summed E-state index contributed by atoms with van der Waals surface area (Å²) < 4.78 is 0. The topological polar surface area (TPSA) is 12.0 Å². The summed E-state index contributed by atoms with van der Waals surface area (Å²) in [5.41, 5.74) is 0. The molecule has 0 fully saturated rings. The van der Waals surface area contributed by atoms with Crippen LogP contribution in [0.1, 0.15) is 25.6 Å². The third-order valence-electron chi connectivity index (χ3n) is 2.08. The normalized spacial score (nSPS) is 14.5. The third-order valence-corrected chi connectivity index (χ3v) is 5.60. The van der Waals surface area contributed by atoms with Gasteiger partial charge >= 0.3 is 0 Å². The number of rotatable bonds is 3. The minimum Gasteiger partial charge on any atom is -0.290 e. The van der Waals surface area contributed by atoms with Gasteiger partial charge in [-0.15, -0.1) is 11.3 Å². The third kappa shape index (κ3) is 3.76. The summed E-state index contributed by atoms with van der Waals surface area (Å²) in [6.07, 6.45) is 0. The van der Waals surface area contributed by atoms with Crippen molar-refractivity contribution in [3.05, 3.63) is 22.4 Å². The van der Waals surface area contributed by atoms with Gasteiger partial charge in [0.15, 0.2) is 0 Å². The van der Waals surface area contributed by atoms with E-state index in [0.717, 1.165) is 6.54 Å². The van der Waals surface area contributed by atoms with Crippen LogP contribution in [0.25, 0.3) is 0 Å². The fourth-order valence-corrected chi connectivity index (χ4v) is 2.48. The van der Waals surface area contributed by atoms with Crippen molar-refractivity contribution in [2.75, 3.05) is 6.66 Å². The van der Waals surface area contributed by atoms with E-state index >= 15 is 0 Å². The molecule has 0 aliphatic rings. The quantitative estimate of drug-likeness (QED) is 0.759. The van der Waals surface area contributed by atoms with Crippen LogP contribution in [0.4, 0.5) is 0 Å². The Morgan fingerprint density at radius 2 is 2.15 bits per heavy atom. The van der Waals surface area contributed by atoms with Crippen LogP contribution in [0.2, 0.25) is 0 Å². The molecule has 0 saturated heterocycles. The van der Waals surface area contributed by atoms with E-state index in [1.165, 1.54) is 4.88 Å². The lowest BCUT2D eigenvalue weighted by Gasteiger charge is -2.28. The Balaban J connectivity index is 2.35. The summed E-state index contributed by atoms with van der Waals surface area (Å²) in [6, 6.07) is 4.29. The molecule has 0 saturated carbocycles. The van der Waals surface area contributed by atoms with Crippen LogP contribution in [0.3, 0.4) is 0 Å². The van der Waals surface area contributed by atoms with E-state index in [4.69, 9.17) is 0 Å². The van der Waals surface area contributed by atoms with Gasteiger partial charge in [0, 0.05) is 11.4 Å². The van der Waals surface area contributed by atoms with Crippen LogP contribution in [0, 0.1) is 0 Å². The molecule has 1 atom stereocenters. The summed E-state index contributed by atoms with van der Waals surface area (Å²) in [6.45, 7) is 10.2. The van der Waals surface area contributed by atoms with Crippen molar-refractivity contribution in [2.45, 2.75) is 32.5 Å². The number of thiophene rings is 1. The fourth-order valence-electron chi connectivity index (χ4n) is 0.847. The summed E-state index contributed by atoms with van der Waals surface area (Å²) >= 11 is 1.82. The highest BCUT2D eigenvalue weighted by atomic mass is 32.1. The van der Waals surface area contributed by atoms with E-state index < -0.39 is 0 Å². The lowest BCUT2D eigenvalue weighted by Crippen LogP contribution is -2.20. The van der Waals surface area contributed by atoms with Crippen LogP contribution >= 0.6 is 19.4 Å². The average Bonchev–Trinajstić information content (AvgIpc) is 2.50.